The van der Waals surface area contributed by atoms with Crippen LogP contribution in [0.5, 0.6) is 0 Å². The maximum atomic E-state index is 8.12. The summed E-state index contributed by atoms with van der Waals surface area (Å²) in [6, 6.07) is 6.15. The summed E-state index contributed by atoms with van der Waals surface area (Å²) in [5, 5.41) is 3.98. The summed E-state index contributed by atoms with van der Waals surface area (Å²) in [4.78, 5) is 20.7. The third-order valence-corrected chi connectivity index (χ3v) is 3.47. The first-order valence-corrected chi connectivity index (χ1v) is 6.58. The van der Waals surface area contributed by atoms with Crippen molar-refractivity contribution >= 4 is 29.1 Å². The number of halogens is 1. The van der Waals surface area contributed by atoms with E-state index in [0.717, 1.165) is 27.7 Å². The van der Waals surface area contributed by atoms with Gasteiger partial charge in [0.2, 0.25) is 0 Å². The van der Waals surface area contributed by atoms with Gasteiger partial charge in [-0.2, -0.15) is 9.59 Å². The van der Waals surface area contributed by atoms with E-state index in [2.05, 4.69) is 29.4 Å². The van der Waals surface area contributed by atoms with Crippen molar-refractivity contribution < 1.29 is 9.59 Å². The zero-order valence-corrected chi connectivity index (χ0v) is 11.6. The number of nitrogens with zero attached hydrogens (tertiary/aromatic N) is 1. The predicted octanol–water partition coefficient (Wildman–Crippen LogP) is 3.75. The van der Waals surface area contributed by atoms with Crippen molar-refractivity contribution in [3.63, 3.8) is 0 Å². The first kappa shape index (κ1) is 14.6. The third-order valence-electron chi connectivity index (χ3n) is 2.35. The monoisotopic (exact) mass is 281 g/mol. The zero-order valence-electron chi connectivity index (χ0n) is 10.1. The lowest BCUT2D eigenvalue weighted by atomic mass is 10.1. The van der Waals surface area contributed by atoms with Crippen LogP contribution in [0.3, 0.4) is 0 Å². The van der Waals surface area contributed by atoms with Gasteiger partial charge in [0.1, 0.15) is 0 Å². The lowest BCUT2D eigenvalue weighted by Crippen LogP contribution is -1.84. The van der Waals surface area contributed by atoms with Crippen LogP contribution in [0.25, 0.3) is 11.3 Å². The van der Waals surface area contributed by atoms with Crippen molar-refractivity contribution in [2.75, 3.05) is 0 Å². The maximum absolute atomic E-state index is 8.12. The van der Waals surface area contributed by atoms with Crippen molar-refractivity contribution in [3.8, 4) is 11.3 Å². The van der Waals surface area contributed by atoms with Gasteiger partial charge in [-0.3, -0.25) is 0 Å². The SMILES string of the molecule is CCc1ccc(-c2csc(C)n2)cc1Cl.O=C=O. The van der Waals surface area contributed by atoms with Crippen molar-refractivity contribution in [2.24, 2.45) is 0 Å². The van der Waals surface area contributed by atoms with Gasteiger partial charge >= 0.3 is 6.15 Å². The molecule has 1 aromatic heterocycles. The van der Waals surface area contributed by atoms with Gasteiger partial charge in [0.05, 0.1) is 10.7 Å². The Bertz CT molecular complexity index is 560. The van der Waals surface area contributed by atoms with E-state index >= 15 is 0 Å². The highest BCUT2D eigenvalue weighted by Crippen LogP contribution is 2.26. The van der Waals surface area contributed by atoms with E-state index < -0.39 is 0 Å². The zero-order chi connectivity index (χ0) is 13.5. The van der Waals surface area contributed by atoms with Crippen LogP contribution in [-0.4, -0.2) is 11.1 Å². The molecular formula is C13H12ClNO2S. The smallest absolute Gasteiger partial charge is 0.242 e. The largest absolute Gasteiger partial charge is 0.373 e. The quantitative estimate of drug-likeness (QED) is 0.842. The van der Waals surface area contributed by atoms with Crippen LogP contribution < -0.4 is 0 Å². The second kappa shape index (κ2) is 7.07. The Labute approximate surface area is 114 Å². The first-order valence-electron chi connectivity index (χ1n) is 5.32. The number of aromatic nitrogens is 1. The topological polar surface area (TPSA) is 47.0 Å². The summed E-state index contributed by atoms with van der Waals surface area (Å²) < 4.78 is 0. The predicted molar refractivity (Wildman–Crippen MR) is 71.7 cm³/mol. The van der Waals surface area contributed by atoms with Crippen LogP contribution in [0.2, 0.25) is 5.02 Å². The molecule has 18 heavy (non-hydrogen) atoms. The molecule has 5 heteroatoms. The van der Waals surface area contributed by atoms with Crippen LogP contribution in [0.15, 0.2) is 23.6 Å². The van der Waals surface area contributed by atoms with Gasteiger partial charge in [-0.1, -0.05) is 30.7 Å². The Morgan fingerprint density at radius 2 is 2.06 bits per heavy atom. The average molecular weight is 282 g/mol. The van der Waals surface area contributed by atoms with Crippen LogP contribution in [0.4, 0.5) is 0 Å². The Hall–Kier alpha value is -1.48. The summed E-state index contributed by atoms with van der Waals surface area (Å²) in [6.45, 7) is 4.12. The van der Waals surface area contributed by atoms with Crippen molar-refractivity contribution in [2.45, 2.75) is 20.3 Å². The minimum Gasteiger partial charge on any atom is -0.242 e. The Kier molecular flexibility index (Phi) is 5.72. The summed E-state index contributed by atoms with van der Waals surface area (Å²) in [6.07, 6.45) is 1.22. The molecule has 1 heterocycles. The van der Waals surface area contributed by atoms with Gasteiger partial charge in [-0.15, -0.1) is 11.3 Å². The molecule has 2 rings (SSSR count). The van der Waals surface area contributed by atoms with E-state index in [1.54, 1.807) is 11.3 Å². The number of thiazole rings is 1. The number of carbonyl (C=O) groups excluding carboxylic acids is 2. The summed E-state index contributed by atoms with van der Waals surface area (Å²) in [5.74, 6) is 0. The fourth-order valence-electron chi connectivity index (χ4n) is 1.49. The molecule has 3 nitrogen and oxygen atoms in total. The molecule has 0 atom stereocenters. The minimum absolute atomic E-state index is 0.250. The normalized spacial score (nSPS) is 9.28. The van der Waals surface area contributed by atoms with Gasteiger partial charge in [0.15, 0.2) is 0 Å². The van der Waals surface area contributed by atoms with E-state index in [4.69, 9.17) is 21.2 Å². The molecule has 0 aliphatic heterocycles. The number of aryl methyl sites for hydroxylation is 2. The Morgan fingerprint density at radius 1 is 1.39 bits per heavy atom. The number of rotatable bonds is 2. The molecule has 0 saturated carbocycles. The molecule has 0 amide bonds. The maximum Gasteiger partial charge on any atom is 0.373 e. The number of benzene rings is 1. The molecule has 0 saturated heterocycles. The van der Waals surface area contributed by atoms with Gasteiger partial charge in [0.25, 0.3) is 0 Å². The minimum atomic E-state index is 0.250. The van der Waals surface area contributed by atoms with Crippen molar-refractivity contribution in [3.05, 3.63) is 39.2 Å². The molecule has 94 valence electrons. The average Bonchev–Trinajstić information content (AvgIpc) is 2.77. The summed E-state index contributed by atoms with van der Waals surface area (Å²) in [5.41, 5.74) is 3.30. The van der Waals surface area contributed by atoms with Gasteiger partial charge in [-0.25, -0.2) is 4.98 Å². The van der Waals surface area contributed by atoms with Crippen molar-refractivity contribution in [1.82, 2.24) is 4.98 Å². The molecule has 1 aromatic carbocycles. The molecule has 2 aromatic rings. The van der Waals surface area contributed by atoms with Crippen LogP contribution in [0.1, 0.15) is 17.5 Å². The molecule has 0 aliphatic rings. The highest BCUT2D eigenvalue weighted by molar-refractivity contribution is 7.09. The lowest BCUT2D eigenvalue weighted by molar-refractivity contribution is -0.191. The van der Waals surface area contributed by atoms with E-state index in [1.165, 1.54) is 5.56 Å². The molecule has 0 fully saturated rings. The van der Waals surface area contributed by atoms with Crippen molar-refractivity contribution in [1.29, 1.82) is 0 Å². The molecular weight excluding hydrogens is 270 g/mol. The first-order chi connectivity index (χ1) is 8.62. The molecule has 0 N–H and O–H groups in total. The van der Waals surface area contributed by atoms with Crippen LogP contribution >= 0.6 is 22.9 Å². The molecule has 0 radical (unpaired) electrons. The number of hydrogen-bond donors (Lipinski definition) is 0. The highest BCUT2D eigenvalue weighted by atomic mass is 35.5. The standard InChI is InChI=1S/C12H12ClNS.CO2/c1-3-9-4-5-10(6-11(9)13)12-7-15-8(2)14-12;2-1-3/h4-7H,3H2,1-2H3;. The fraction of sp³-hybridized carbons (Fsp3) is 0.231. The van der Waals surface area contributed by atoms with Gasteiger partial charge in [0, 0.05) is 16.0 Å². The van der Waals surface area contributed by atoms with E-state index in [9.17, 15) is 0 Å². The lowest BCUT2D eigenvalue weighted by Gasteiger charge is -2.02. The molecule has 0 unspecified atom stereocenters. The summed E-state index contributed by atoms with van der Waals surface area (Å²) >= 11 is 7.82. The van der Waals surface area contributed by atoms with Crippen LogP contribution in [-0.2, 0) is 16.0 Å². The molecule has 0 bridgehead atoms. The van der Waals surface area contributed by atoms with Gasteiger partial charge < -0.3 is 0 Å². The molecule has 0 spiro atoms. The molecule has 0 aliphatic carbocycles. The van der Waals surface area contributed by atoms with Gasteiger partial charge in [-0.05, 0) is 25.0 Å². The third kappa shape index (κ3) is 3.77. The van der Waals surface area contributed by atoms with E-state index in [-0.39, 0.29) is 6.15 Å². The van der Waals surface area contributed by atoms with E-state index in [1.807, 2.05) is 13.0 Å². The Balaban J connectivity index is 0.000000492. The number of hydrogen-bond acceptors (Lipinski definition) is 4. The Morgan fingerprint density at radius 3 is 2.50 bits per heavy atom. The second-order valence-electron chi connectivity index (χ2n) is 3.49. The van der Waals surface area contributed by atoms with Crippen LogP contribution in [0, 0.1) is 6.92 Å². The summed E-state index contributed by atoms with van der Waals surface area (Å²) in [7, 11) is 0. The highest BCUT2D eigenvalue weighted by Gasteiger charge is 2.04. The fourth-order valence-corrected chi connectivity index (χ4v) is 2.43. The second-order valence-corrected chi connectivity index (χ2v) is 4.96. The van der Waals surface area contributed by atoms with E-state index in [0.29, 0.717) is 0 Å².